The summed E-state index contributed by atoms with van der Waals surface area (Å²) in [6, 6.07) is 16.8. The van der Waals surface area contributed by atoms with Crippen molar-refractivity contribution in [2.24, 2.45) is 0 Å². The van der Waals surface area contributed by atoms with Crippen LogP contribution >= 0.6 is 11.8 Å². The van der Waals surface area contributed by atoms with E-state index in [-0.39, 0.29) is 5.91 Å². The number of nitrogens with one attached hydrogen (secondary N) is 1. The molecule has 0 aliphatic carbocycles. The largest absolute Gasteiger partial charge is 0.379 e. The number of ether oxygens (including phenoxy) is 1. The summed E-state index contributed by atoms with van der Waals surface area (Å²) < 4.78 is 5.38. The van der Waals surface area contributed by atoms with Crippen LogP contribution in [0.25, 0.3) is 0 Å². The number of carbonyl (C=O) groups excluding carboxylic acids is 1. The number of carbonyl (C=O) groups is 1. The molecule has 138 valence electrons. The molecule has 1 aliphatic heterocycles. The van der Waals surface area contributed by atoms with Gasteiger partial charge in [0.25, 0.3) is 0 Å². The number of thioether (sulfide) groups is 1. The molecule has 0 radical (unpaired) electrons. The first-order valence-electron chi connectivity index (χ1n) is 9.03. The van der Waals surface area contributed by atoms with Crippen LogP contribution in [0, 0.1) is 6.92 Å². The lowest BCUT2D eigenvalue weighted by molar-refractivity contribution is -0.118. The molecule has 1 saturated heterocycles. The molecule has 0 aromatic heterocycles. The number of rotatable bonds is 7. The molecule has 0 spiro atoms. The Hall–Kier alpha value is -1.82. The summed E-state index contributed by atoms with van der Waals surface area (Å²) in [5, 5.41) is 2.99. The summed E-state index contributed by atoms with van der Waals surface area (Å²) in [6.07, 6.45) is 0. The Morgan fingerprint density at radius 1 is 1.04 bits per heavy atom. The van der Waals surface area contributed by atoms with E-state index < -0.39 is 0 Å². The number of hydrogen-bond acceptors (Lipinski definition) is 4. The fourth-order valence-corrected chi connectivity index (χ4v) is 3.54. The summed E-state index contributed by atoms with van der Waals surface area (Å²) in [6.45, 7) is 7.24. The van der Waals surface area contributed by atoms with Crippen molar-refractivity contribution in [2.45, 2.75) is 24.9 Å². The topological polar surface area (TPSA) is 41.6 Å². The summed E-state index contributed by atoms with van der Waals surface area (Å²) in [5.74, 6) is 0.506. The van der Waals surface area contributed by atoms with Crippen LogP contribution in [-0.4, -0.2) is 42.9 Å². The maximum Gasteiger partial charge on any atom is 0.230 e. The smallest absolute Gasteiger partial charge is 0.230 e. The maximum atomic E-state index is 12.0. The van der Waals surface area contributed by atoms with Crippen LogP contribution in [0.4, 0.5) is 0 Å². The maximum absolute atomic E-state index is 12.0. The number of aryl methyl sites for hydroxylation is 1. The van der Waals surface area contributed by atoms with Crippen LogP contribution in [0.3, 0.4) is 0 Å². The highest BCUT2D eigenvalue weighted by Crippen LogP contribution is 2.17. The van der Waals surface area contributed by atoms with Gasteiger partial charge in [-0.2, -0.15) is 0 Å². The minimum absolute atomic E-state index is 0.0629. The van der Waals surface area contributed by atoms with E-state index in [9.17, 15) is 4.79 Å². The molecule has 1 N–H and O–H groups in total. The first-order chi connectivity index (χ1) is 12.7. The molecule has 0 saturated carbocycles. The van der Waals surface area contributed by atoms with E-state index in [1.54, 1.807) is 11.8 Å². The fraction of sp³-hybridized carbons (Fsp3) is 0.381. The summed E-state index contributed by atoms with van der Waals surface area (Å²) in [4.78, 5) is 15.6. The van der Waals surface area contributed by atoms with Crippen LogP contribution in [0.1, 0.15) is 16.7 Å². The number of morpholine rings is 1. The van der Waals surface area contributed by atoms with Crippen molar-refractivity contribution in [3.05, 3.63) is 65.2 Å². The second-order valence-corrected chi connectivity index (χ2v) is 7.63. The molecule has 1 heterocycles. The minimum Gasteiger partial charge on any atom is -0.379 e. The molecule has 1 fully saturated rings. The number of nitrogens with zero attached hydrogens (tertiary/aromatic N) is 1. The van der Waals surface area contributed by atoms with Gasteiger partial charge in [-0.25, -0.2) is 0 Å². The van der Waals surface area contributed by atoms with E-state index in [1.165, 1.54) is 11.1 Å². The van der Waals surface area contributed by atoms with Crippen LogP contribution in [0.15, 0.2) is 53.4 Å². The normalized spacial score (nSPS) is 15.0. The van der Waals surface area contributed by atoms with Crippen molar-refractivity contribution in [3.63, 3.8) is 0 Å². The van der Waals surface area contributed by atoms with Crippen LogP contribution in [0.5, 0.6) is 0 Å². The Labute approximate surface area is 159 Å². The van der Waals surface area contributed by atoms with Crippen molar-refractivity contribution < 1.29 is 9.53 Å². The van der Waals surface area contributed by atoms with E-state index in [1.807, 2.05) is 0 Å². The van der Waals surface area contributed by atoms with E-state index in [4.69, 9.17) is 4.74 Å². The lowest BCUT2D eigenvalue weighted by Gasteiger charge is -2.26. The van der Waals surface area contributed by atoms with Gasteiger partial charge in [-0.1, -0.05) is 42.0 Å². The summed E-state index contributed by atoms with van der Waals surface area (Å²) in [5.41, 5.74) is 3.66. The molecular weight excluding hydrogens is 344 g/mol. The predicted molar refractivity (Wildman–Crippen MR) is 106 cm³/mol. The van der Waals surface area contributed by atoms with E-state index in [0.717, 1.165) is 43.3 Å². The fourth-order valence-electron chi connectivity index (χ4n) is 2.82. The standard InChI is InChI=1S/C21H26N2O2S/c1-17-2-8-20(9-3-17)26-16-21(24)22-14-18-4-6-19(7-5-18)15-23-10-12-25-13-11-23/h2-9H,10-16H2,1H3,(H,22,24). The van der Waals surface area contributed by atoms with Gasteiger partial charge < -0.3 is 10.1 Å². The molecule has 2 aromatic carbocycles. The highest BCUT2D eigenvalue weighted by molar-refractivity contribution is 8.00. The molecular formula is C21H26N2O2S. The predicted octanol–water partition coefficient (Wildman–Crippen LogP) is 3.24. The average Bonchev–Trinajstić information content (AvgIpc) is 2.68. The Morgan fingerprint density at radius 2 is 1.69 bits per heavy atom. The van der Waals surface area contributed by atoms with Gasteiger partial charge in [0.1, 0.15) is 0 Å². The molecule has 1 aliphatic rings. The zero-order chi connectivity index (χ0) is 18.2. The SMILES string of the molecule is Cc1ccc(SCC(=O)NCc2ccc(CN3CCOCC3)cc2)cc1. The van der Waals surface area contributed by atoms with Crippen molar-refractivity contribution in [1.29, 1.82) is 0 Å². The second kappa shape index (κ2) is 9.76. The number of amides is 1. The monoisotopic (exact) mass is 370 g/mol. The number of hydrogen-bond donors (Lipinski definition) is 1. The molecule has 0 atom stereocenters. The van der Waals surface area contributed by atoms with Gasteiger partial charge in [-0.3, -0.25) is 9.69 Å². The van der Waals surface area contributed by atoms with Gasteiger partial charge >= 0.3 is 0 Å². The van der Waals surface area contributed by atoms with Crippen molar-refractivity contribution in [2.75, 3.05) is 32.1 Å². The third-order valence-electron chi connectivity index (χ3n) is 4.41. The molecule has 0 unspecified atom stereocenters. The van der Waals surface area contributed by atoms with Crippen molar-refractivity contribution >= 4 is 17.7 Å². The Kier molecular flexibility index (Phi) is 7.12. The van der Waals surface area contributed by atoms with E-state index >= 15 is 0 Å². The van der Waals surface area contributed by atoms with Gasteiger partial charge in [0.15, 0.2) is 0 Å². The van der Waals surface area contributed by atoms with Gasteiger partial charge in [0.2, 0.25) is 5.91 Å². The van der Waals surface area contributed by atoms with Crippen LogP contribution in [-0.2, 0) is 22.6 Å². The number of benzene rings is 2. The molecule has 3 rings (SSSR count). The van der Waals surface area contributed by atoms with Crippen LogP contribution < -0.4 is 5.32 Å². The highest BCUT2D eigenvalue weighted by Gasteiger charge is 2.10. The molecule has 0 bridgehead atoms. The zero-order valence-corrected chi connectivity index (χ0v) is 16.1. The lowest BCUT2D eigenvalue weighted by atomic mass is 10.1. The minimum atomic E-state index is 0.0629. The summed E-state index contributed by atoms with van der Waals surface area (Å²) in [7, 11) is 0. The second-order valence-electron chi connectivity index (χ2n) is 6.58. The van der Waals surface area contributed by atoms with E-state index in [2.05, 4.69) is 65.7 Å². The third kappa shape index (κ3) is 6.16. The Morgan fingerprint density at radius 3 is 2.38 bits per heavy atom. The lowest BCUT2D eigenvalue weighted by Crippen LogP contribution is -2.35. The Bertz CT molecular complexity index is 695. The van der Waals surface area contributed by atoms with Gasteiger partial charge in [-0.05, 0) is 30.2 Å². The van der Waals surface area contributed by atoms with Gasteiger partial charge in [0, 0.05) is 31.1 Å². The van der Waals surface area contributed by atoms with Gasteiger partial charge in [-0.15, -0.1) is 11.8 Å². The molecule has 4 nitrogen and oxygen atoms in total. The Balaban J connectivity index is 1.39. The zero-order valence-electron chi connectivity index (χ0n) is 15.2. The first-order valence-corrected chi connectivity index (χ1v) is 10.0. The first kappa shape index (κ1) is 19.0. The quantitative estimate of drug-likeness (QED) is 0.760. The molecule has 1 amide bonds. The van der Waals surface area contributed by atoms with Crippen molar-refractivity contribution in [1.82, 2.24) is 10.2 Å². The average molecular weight is 371 g/mol. The van der Waals surface area contributed by atoms with Crippen molar-refractivity contribution in [3.8, 4) is 0 Å². The highest BCUT2D eigenvalue weighted by atomic mass is 32.2. The summed E-state index contributed by atoms with van der Waals surface area (Å²) >= 11 is 1.57. The van der Waals surface area contributed by atoms with Crippen LogP contribution in [0.2, 0.25) is 0 Å². The molecule has 5 heteroatoms. The van der Waals surface area contributed by atoms with Gasteiger partial charge in [0.05, 0.1) is 19.0 Å². The van der Waals surface area contributed by atoms with E-state index in [0.29, 0.717) is 12.3 Å². The molecule has 2 aromatic rings. The molecule has 26 heavy (non-hydrogen) atoms. The third-order valence-corrected chi connectivity index (χ3v) is 5.43.